The Kier molecular flexibility index (Phi) is 7.27. The molecular formula is C21H28N2O2S. The molecule has 0 saturated heterocycles. The van der Waals surface area contributed by atoms with E-state index >= 15 is 0 Å². The standard InChI is InChI=1S/C21H28N2O2S/c1-21(2,15-17-8-6-5-7-9-17)23-20(26)22-13-12-16-10-11-18(24-3)19(14-16)25-4/h5-11,14H,12-13,15H2,1-4H3,(H2,22,23,26). The Hall–Kier alpha value is -2.27. The van der Waals surface area contributed by atoms with Crippen LogP contribution in [0.25, 0.3) is 0 Å². The molecule has 0 fully saturated rings. The topological polar surface area (TPSA) is 42.5 Å². The minimum Gasteiger partial charge on any atom is -0.493 e. The summed E-state index contributed by atoms with van der Waals surface area (Å²) in [6.07, 6.45) is 1.76. The second kappa shape index (κ2) is 9.43. The summed E-state index contributed by atoms with van der Waals surface area (Å²) in [7, 11) is 3.29. The largest absolute Gasteiger partial charge is 0.493 e. The molecule has 0 atom stereocenters. The monoisotopic (exact) mass is 372 g/mol. The fourth-order valence-electron chi connectivity index (χ4n) is 2.86. The molecule has 0 amide bonds. The van der Waals surface area contributed by atoms with E-state index in [9.17, 15) is 0 Å². The summed E-state index contributed by atoms with van der Waals surface area (Å²) in [5.74, 6) is 1.48. The number of ether oxygens (including phenoxy) is 2. The summed E-state index contributed by atoms with van der Waals surface area (Å²) < 4.78 is 10.6. The van der Waals surface area contributed by atoms with Crippen molar-refractivity contribution in [2.75, 3.05) is 20.8 Å². The first kappa shape index (κ1) is 20.0. The van der Waals surface area contributed by atoms with Gasteiger partial charge in [-0.1, -0.05) is 36.4 Å². The minimum absolute atomic E-state index is 0.116. The number of hydrogen-bond acceptors (Lipinski definition) is 3. The van der Waals surface area contributed by atoms with Crippen LogP contribution in [-0.4, -0.2) is 31.4 Å². The maximum absolute atomic E-state index is 5.46. The van der Waals surface area contributed by atoms with Crippen molar-refractivity contribution in [3.63, 3.8) is 0 Å². The fourth-order valence-corrected chi connectivity index (χ4v) is 3.24. The molecule has 0 bridgehead atoms. The maximum atomic E-state index is 5.46. The van der Waals surface area contributed by atoms with Gasteiger partial charge in [0.1, 0.15) is 0 Å². The van der Waals surface area contributed by atoms with Gasteiger partial charge in [0, 0.05) is 12.1 Å². The van der Waals surface area contributed by atoms with E-state index in [1.165, 1.54) is 11.1 Å². The Morgan fingerprint density at radius 3 is 2.31 bits per heavy atom. The molecule has 2 rings (SSSR count). The lowest BCUT2D eigenvalue weighted by Crippen LogP contribution is -2.49. The third-order valence-electron chi connectivity index (χ3n) is 4.09. The summed E-state index contributed by atoms with van der Waals surface area (Å²) in [5.41, 5.74) is 2.34. The van der Waals surface area contributed by atoms with Gasteiger partial charge in [-0.25, -0.2) is 0 Å². The molecule has 5 heteroatoms. The van der Waals surface area contributed by atoms with E-state index in [1.807, 2.05) is 24.3 Å². The van der Waals surface area contributed by atoms with Gasteiger partial charge in [-0.2, -0.15) is 0 Å². The average Bonchev–Trinajstić information content (AvgIpc) is 2.61. The second-order valence-electron chi connectivity index (χ2n) is 6.87. The molecule has 0 aliphatic heterocycles. The van der Waals surface area contributed by atoms with Crippen LogP contribution >= 0.6 is 12.2 Å². The highest BCUT2D eigenvalue weighted by molar-refractivity contribution is 7.80. The van der Waals surface area contributed by atoms with Crippen LogP contribution in [0, 0.1) is 0 Å². The van der Waals surface area contributed by atoms with Crippen molar-refractivity contribution in [3.8, 4) is 11.5 Å². The van der Waals surface area contributed by atoms with Gasteiger partial charge >= 0.3 is 0 Å². The van der Waals surface area contributed by atoms with Gasteiger partial charge in [-0.3, -0.25) is 0 Å². The fraction of sp³-hybridized carbons (Fsp3) is 0.381. The van der Waals surface area contributed by atoms with Crippen LogP contribution in [0.2, 0.25) is 0 Å². The summed E-state index contributed by atoms with van der Waals surface area (Å²) >= 11 is 5.46. The van der Waals surface area contributed by atoms with Crippen molar-refractivity contribution in [2.45, 2.75) is 32.2 Å². The Morgan fingerprint density at radius 1 is 0.962 bits per heavy atom. The van der Waals surface area contributed by atoms with Crippen molar-refractivity contribution < 1.29 is 9.47 Å². The van der Waals surface area contributed by atoms with Crippen LogP contribution in [-0.2, 0) is 12.8 Å². The van der Waals surface area contributed by atoms with Crippen molar-refractivity contribution in [1.82, 2.24) is 10.6 Å². The lowest BCUT2D eigenvalue weighted by molar-refractivity contribution is 0.354. The molecule has 4 nitrogen and oxygen atoms in total. The zero-order chi connectivity index (χ0) is 19.0. The molecule has 0 unspecified atom stereocenters. The lowest BCUT2D eigenvalue weighted by Gasteiger charge is -2.28. The molecule has 0 saturated carbocycles. The third-order valence-corrected chi connectivity index (χ3v) is 4.33. The predicted octanol–water partition coefficient (Wildman–Crippen LogP) is 3.73. The lowest BCUT2D eigenvalue weighted by atomic mass is 9.95. The maximum Gasteiger partial charge on any atom is 0.166 e. The third kappa shape index (κ3) is 6.23. The Balaban J connectivity index is 1.81. The van der Waals surface area contributed by atoms with E-state index in [-0.39, 0.29) is 5.54 Å². The normalized spacial score (nSPS) is 10.9. The first-order valence-corrected chi connectivity index (χ1v) is 9.15. The summed E-state index contributed by atoms with van der Waals surface area (Å²) in [5, 5.41) is 7.37. The molecule has 2 aromatic rings. The Bertz CT molecular complexity index is 717. The van der Waals surface area contributed by atoms with E-state index in [0.717, 1.165) is 30.9 Å². The van der Waals surface area contributed by atoms with Crippen LogP contribution in [0.15, 0.2) is 48.5 Å². The molecule has 0 radical (unpaired) electrons. The van der Waals surface area contributed by atoms with Crippen LogP contribution in [0.3, 0.4) is 0 Å². The van der Waals surface area contributed by atoms with Gasteiger partial charge in [0.25, 0.3) is 0 Å². The minimum atomic E-state index is -0.116. The van der Waals surface area contributed by atoms with Gasteiger partial charge in [-0.05, 0) is 62.2 Å². The molecule has 140 valence electrons. The Labute approximate surface area is 161 Å². The van der Waals surface area contributed by atoms with E-state index in [2.05, 4.69) is 48.7 Å². The summed E-state index contributed by atoms with van der Waals surface area (Å²) in [6.45, 7) is 5.06. The van der Waals surface area contributed by atoms with E-state index < -0.39 is 0 Å². The zero-order valence-electron chi connectivity index (χ0n) is 16.0. The highest BCUT2D eigenvalue weighted by Crippen LogP contribution is 2.27. The second-order valence-corrected chi connectivity index (χ2v) is 7.27. The highest BCUT2D eigenvalue weighted by atomic mass is 32.1. The van der Waals surface area contributed by atoms with Crippen LogP contribution in [0.5, 0.6) is 11.5 Å². The molecule has 0 spiro atoms. The van der Waals surface area contributed by atoms with E-state index in [4.69, 9.17) is 21.7 Å². The van der Waals surface area contributed by atoms with Gasteiger partial charge in [0.2, 0.25) is 0 Å². The number of methoxy groups -OCH3 is 2. The van der Waals surface area contributed by atoms with Crippen molar-refractivity contribution in [2.24, 2.45) is 0 Å². The average molecular weight is 373 g/mol. The van der Waals surface area contributed by atoms with Gasteiger partial charge in [0.05, 0.1) is 14.2 Å². The smallest absolute Gasteiger partial charge is 0.166 e. The van der Waals surface area contributed by atoms with Crippen molar-refractivity contribution >= 4 is 17.3 Å². The molecule has 0 aliphatic rings. The SMILES string of the molecule is COc1ccc(CCNC(=S)NC(C)(C)Cc2ccccc2)cc1OC. The quantitative estimate of drug-likeness (QED) is 0.691. The van der Waals surface area contributed by atoms with Crippen LogP contribution in [0.4, 0.5) is 0 Å². The number of thiocarbonyl (C=S) groups is 1. The van der Waals surface area contributed by atoms with Gasteiger partial charge in [0.15, 0.2) is 16.6 Å². The number of nitrogens with one attached hydrogen (secondary N) is 2. The molecular weight excluding hydrogens is 344 g/mol. The summed E-state index contributed by atoms with van der Waals surface area (Å²) in [6, 6.07) is 16.4. The first-order chi connectivity index (χ1) is 12.4. The van der Waals surface area contributed by atoms with Crippen molar-refractivity contribution in [1.29, 1.82) is 0 Å². The first-order valence-electron chi connectivity index (χ1n) is 8.74. The molecule has 26 heavy (non-hydrogen) atoms. The number of hydrogen-bond donors (Lipinski definition) is 2. The van der Waals surface area contributed by atoms with E-state index in [1.54, 1.807) is 14.2 Å². The van der Waals surface area contributed by atoms with E-state index in [0.29, 0.717) is 5.11 Å². The molecule has 0 aromatic heterocycles. The predicted molar refractivity (Wildman–Crippen MR) is 111 cm³/mol. The summed E-state index contributed by atoms with van der Waals surface area (Å²) in [4.78, 5) is 0. The van der Waals surface area contributed by atoms with Crippen LogP contribution < -0.4 is 20.1 Å². The highest BCUT2D eigenvalue weighted by Gasteiger charge is 2.19. The number of rotatable bonds is 8. The van der Waals surface area contributed by atoms with Gasteiger partial charge < -0.3 is 20.1 Å². The molecule has 2 N–H and O–H groups in total. The molecule has 2 aromatic carbocycles. The number of benzene rings is 2. The Morgan fingerprint density at radius 2 is 1.65 bits per heavy atom. The molecule has 0 heterocycles. The van der Waals surface area contributed by atoms with Crippen LogP contribution in [0.1, 0.15) is 25.0 Å². The van der Waals surface area contributed by atoms with Crippen molar-refractivity contribution in [3.05, 3.63) is 59.7 Å². The van der Waals surface area contributed by atoms with Gasteiger partial charge in [-0.15, -0.1) is 0 Å². The zero-order valence-corrected chi connectivity index (χ0v) is 16.8. The molecule has 0 aliphatic carbocycles.